The highest BCUT2D eigenvalue weighted by molar-refractivity contribution is 5.95. The number of benzene rings is 1. The van der Waals surface area contributed by atoms with E-state index < -0.39 is 0 Å². The van der Waals surface area contributed by atoms with Gasteiger partial charge in [-0.25, -0.2) is 0 Å². The molecule has 0 unspecified atom stereocenters. The van der Waals surface area contributed by atoms with Gasteiger partial charge in [0, 0.05) is 37.7 Å². The second-order valence-corrected chi connectivity index (χ2v) is 8.31. The van der Waals surface area contributed by atoms with Crippen molar-refractivity contribution in [1.29, 1.82) is 0 Å². The number of hydrogen-bond acceptors (Lipinski definition) is 3. The highest BCUT2D eigenvalue weighted by atomic mass is 16.2. The van der Waals surface area contributed by atoms with Crippen molar-refractivity contribution in [3.8, 4) is 0 Å². The molecular weight excluding hydrogens is 362 g/mol. The van der Waals surface area contributed by atoms with Crippen molar-refractivity contribution >= 4 is 11.8 Å². The second-order valence-electron chi connectivity index (χ2n) is 8.31. The molecule has 1 fully saturated rings. The summed E-state index contributed by atoms with van der Waals surface area (Å²) in [5.41, 5.74) is 3.50. The Morgan fingerprint density at radius 3 is 2.45 bits per heavy atom. The van der Waals surface area contributed by atoms with Crippen LogP contribution in [0.2, 0.25) is 0 Å². The van der Waals surface area contributed by atoms with Crippen LogP contribution in [0.4, 0.5) is 0 Å². The van der Waals surface area contributed by atoms with E-state index in [2.05, 4.69) is 19.2 Å². The molecule has 29 heavy (non-hydrogen) atoms. The Balaban J connectivity index is 1.67. The molecule has 0 spiro atoms. The van der Waals surface area contributed by atoms with E-state index in [1.54, 1.807) is 0 Å². The lowest BCUT2D eigenvalue weighted by molar-refractivity contribution is -0.133. The number of amides is 2. The van der Waals surface area contributed by atoms with Crippen LogP contribution in [0, 0.1) is 12.8 Å². The monoisotopic (exact) mass is 393 g/mol. The van der Waals surface area contributed by atoms with Crippen LogP contribution in [0.25, 0.3) is 0 Å². The molecule has 2 amide bonds. The number of likely N-dealkylation sites (tertiary alicyclic amines) is 1. The number of nitrogens with one attached hydrogen (secondary N) is 1. The minimum atomic E-state index is -0.0883. The summed E-state index contributed by atoms with van der Waals surface area (Å²) in [7, 11) is 0. The number of aromatic nitrogens is 1. The molecule has 0 atom stereocenters. The molecule has 0 aliphatic carbocycles. The Bertz CT molecular complexity index is 840. The van der Waals surface area contributed by atoms with Crippen LogP contribution in [-0.4, -0.2) is 34.8 Å². The summed E-state index contributed by atoms with van der Waals surface area (Å²) in [4.78, 5) is 31.9. The van der Waals surface area contributed by atoms with Crippen molar-refractivity contribution in [3.05, 3.63) is 65.0 Å². The Kier molecular flexibility index (Phi) is 7.02. The van der Waals surface area contributed by atoms with Crippen molar-refractivity contribution in [3.63, 3.8) is 0 Å². The molecule has 5 heteroatoms. The number of rotatable bonds is 6. The topological polar surface area (TPSA) is 62.3 Å². The summed E-state index contributed by atoms with van der Waals surface area (Å²) in [6.07, 6.45) is 2.29. The van der Waals surface area contributed by atoms with E-state index in [0.717, 1.165) is 42.9 Å². The number of pyridine rings is 1. The summed E-state index contributed by atoms with van der Waals surface area (Å²) in [5.74, 6) is 0.722. The fourth-order valence-corrected chi connectivity index (χ4v) is 3.83. The van der Waals surface area contributed by atoms with Crippen molar-refractivity contribution in [1.82, 2.24) is 15.2 Å². The number of carbonyl (C=O) groups excluding carboxylic acids is 2. The summed E-state index contributed by atoms with van der Waals surface area (Å²) in [6.45, 7) is 8.06. The Morgan fingerprint density at radius 2 is 1.79 bits per heavy atom. The van der Waals surface area contributed by atoms with Gasteiger partial charge < -0.3 is 10.2 Å². The van der Waals surface area contributed by atoms with Crippen LogP contribution in [-0.2, 0) is 11.3 Å². The molecule has 0 radical (unpaired) electrons. The normalized spacial score (nSPS) is 14.8. The maximum absolute atomic E-state index is 12.9. The van der Waals surface area contributed by atoms with Gasteiger partial charge in [-0.15, -0.1) is 0 Å². The molecule has 1 aliphatic rings. The molecule has 0 bridgehead atoms. The first-order chi connectivity index (χ1) is 13.9. The first-order valence-electron chi connectivity index (χ1n) is 10.5. The molecule has 0 saturated carbocycles. The average Bonchev–Trinajstić information content (AvgIpc) is 2.72. The number of aryl methyl sites for hydroxylation is 1. The van der Waals surface area contributed by atoms with Crippen LogP contribution >= 0.6 is 0 Å². The van der Waals surface area contributed by atoms with Gasteiger partial charge in [-0.3, -0.25) is 14.6 Å². The van der Waals surface area contributed by atoms with E-state index in [0.29, 0.717) is 24.4 Å². The standard InChI is InChI=1S/C24H31N3O2/c1-17(2)15-22(28)27-13-11-20(12-14-27)23-21(10-9-18(3)26-23)24(29)25-16-19-7-5-4-6-8-19/h4-10,17,20H,11-16H2,1-3H3,(H,25,29). The average molecular weight is 394 g/mol. The zero-order valence-corrected chi connectivity index (χ0v) is 17.6. The molecule has 1 saturated heterocycles. The Labute approximate surface area is 173 Å². The maximum Gasteiger partial charge on any atom is 0.253 e. The highest BCUT2D eigenvalue weighted by Gasteiger charge is 2.28. The van der Waals surface area contributed by atoms with Crippen LogP contribution in [0.1, 0.15) is 66.3 Å². The van der Waals surface area contributed by atoms with Gasteiger partial charge in [0.2, 0.25) is 5.91 Å². The van der Waals surface area contributed by atoms with E-state index in [4.69, 9.17) is 4.98 Å². The highest BCUT2D eigenvalue weighted by Crippen LogP contribution is 2.30. The SMILES string of the molecule is Cc1ccc(C(=O)NCc2ccccc2)c(C2CCN(C(=O)CC(C)C)CC2)n1. The van der Waals surface area contributed by atoms with Gasteiger partial charge in [0.15, 0.2) is 0 Å². The molecular formula is C24H31N3O2. The smallest absolute Gasteiger partial charge is 0.253 e. The largest absolute Gasteiger partial charge is 0.348 e. The second kappa shape index (κ2) is 9.68. The van der Waals surface area contributed by atoms with Gasteiger partial charge in [-0.2, -0.15) is 0 Å². The van der Waals surface area contributed by atoms with E-state index in [1.807, 2.05) is 54.3 Å². The fourth-order valence-electron chi connectivity index (χ4n) is 3.83. The lowest BCUT2D eigenvalue weighted by Crippen LogP contribution is -2.39. The molecule has 2 heterocycles. The number of nitrogens with zero attached hydrogens (tertiary/aromatic N) is 2. The Hall–Kier alpha value is -2.69. The minimum Gasteiger partial charge on any atom is -0.348 e. The molecule has 1 aromatic carbocycles. The third-order valence-electron chi connectivity index (χ3n) is 5.42. The predicted molar refractivity (Wildman–Crippen MR) is 115 cm³/mol. The van der Waals surface area contributed by atoms with Crippen molar-refractivity contribution in [2.45, 2.75) is 52.5 Å². The van der Waals surface area contributed by atoms with Gasteiger partial charge in [0.25, 0.3) is 5.91 Å². The predicted octanol–water partition coefficient (Wildman–Crippen LogP) is 4.07. The van der Waals surface area contributed by atoms with Gasteiger partial charge >= 0.3 is 0 Å². The van der Waals surface area contributed by atoms with Gasteiger partial charge in [0.05, 0.1) is 11.3 Å². The molecule has 2 aromatic rings. The fraction of sp³-hybridized carbons (Fsp3) is 0.458. The summed E-state index contributed by atoms with van der Waals surface area (Å²) >= 11 is 0. The Morgan fingerprint density at radius 1 is 1.10 bits per heavy atom. The van der Waals surface area contributed by atoms with E-state index in [1.165, 1.54) is 0 Å². The molecule has 3 rings (SSSR count). The van der Waals surface area contributed by atoms with Gasteiger partial charge in [0.1, 0.15) is 0 Å². The first kappa shape index (κ1) is 21.0. The number of piperidine rings is 1. The zero-order chi connectivity index (χ0) is 20.8. The molecule has 5 nitrogen and oxygen atoms in total. The maximum atomic E-state index is 12.9. The zero-order valence-electron chi connectivity index (χ0n) is 17.6. The van der Waals surface area contributed by atoms with E-state index >= 15 is 0 Å². The van der Waals surface area contributed by atoms with Crippen molar-refractivity contribution < 1.29 is 9.59 Å². The third-order valence-corrected chi connectivity index (χ3v) is 5.42. The van der Waals surface area contributed by atoms with Crippen LogP contribution in [0.5, 0.6) is 0 Å². The quantitative estimate of drug-likeness (QED) is 0.805. The number of hydrogen-bond donors (Lipinski definition) is 1. The molecule has 1 aromatic heterocycles. The lowest BCUT2D eigenvalue weighted by atomic mass is 9.89. The summed E-state index contributed by atoms with van der Waals surface area (Å²) in [5, 5.41) is 3.02. The third kappa shape index (κ3) is 5.66. The van der Waals surface area contributed by atoms with E-state index in [9.17, 15) is 9.59 Å². The lowest BCUT2D eigenvalue weighted by Gasteiger charge is -2.33. The van der Waals surface area contributed by atoms with Crippen molar-refractivity contribution in [2.75, 3.05) is 13.1 Å². The minimum absolute atomic E-state index is 0.0883. The van der Waals surface area contributed by atoms with Crippen molar-refractivity contribution in [2.24, 2.45) is 5.92 Å². The number of carbonyl (C=O) groups is 2. The van der Waals surface area contributed by atoms with Crippen LogP contribution < -0.4 is 5.32 Å². The summed E-state index contributed by atoms with van der Waals surface area (Å²) in [6, 6.07) is 13.7. The van der Waals surface area contributed by atoms with Gasteiger partial charge in [-0.1, -0.05) is 44.2 Å². The van der Waals surface area contributed by atoms with Gasteiger partial charge in [-0.05, 0) is 43.4 Å². The first-order valence-corrected chi connectivity index (χ1v) is 10.5. The molecule has 1 aliphatic heterocycles. The summed E-state index contributed by atoms with van der Waals surface area (Å²) < 4.78 is 0. The van der Waals surface area contributed by atoms with E-state index in [-0.39, 0.29) is 17.7 Å². The molecule has 154 valence electrons. The van der Waals surface area contributed by atoms with Crippen LogP contribution in [0.3, 0.4) is 0 Å². The van der Waals surface area contributed by atoms with Crippen LogP contribution in [0.15, 0.2) is 42.5 Å². The molecule has 1 N–H and O–H groups in total.